The van der Waals surface area contributed by atoms with Crippen LogP contribution in [0.4, 0.5) is 0 Å². The highest BCUT2D eigenvalue weighted by Gasteiger charge is 2.29. The molecule has 0 saturated heterocycles. The standard InChI is InChI=1S/C10H23N3O2S.ClH/c1-3-4-7-13(2)16(14,15)12-8-10(11)9-5-6-9;/h9-10,12H,3-8,11H2,1-2H3;1H. The van der Waals surface area contributed by atoms with Crippen molar-refractivity contribution in [1.82, 2.24) is 9.03 Å². The Hall–Kier alpha value is 0.120. The summed E-state index contributed by atoms with van der Waals surface area (Å²) in [5.41, 5.74) is 5.84. The number of rotatable bonds is 8. The van der Waals surface area contributed by atoms with Crippen LogP contribution in [-0.4, -0.2) is 38.9 Å². The number of nitrogens with zero attached hydrogens (tertiary/aromatic N) is 1. The molecule has 5 nitrogen and oxygen atoms in total. The van der Waals surface area contributed by atoms with Crippen LogP contribution >= 0.6 is 12.4 Å². The van der Waals surface area contributed by atoms with E-state index >= 15 is 0 Å². The van der Waals surface area contributed by atoms with Crippen molar-refractivity contribution >= 4 is 22.6 Å². The quantitative estimate of drug-likeness (QED) is 0.690. The van der Waals surface area contributed by atoms with Gasteiger partial charge in [-0.05, 0) is 25.2 Å². The Bertz CT molecular complexity index is 307. The van der Waals surface area contributed by atoms with E-state index in [0.717, 1.165) is 25.7 Å². The van der Waals surface area contributed by atoms with Gasteiger partial charge >= 0.3 is 0 Å². The Morgan fingerprint density at radius 2 is 2.06 bits per heavy atom. The van der Waals surface area contributed by atoms with Crippen molar-refractivity contribution in [3.63, 3.8) is 0 Å². The second-order valence-corrected chi connectivity index (χ2v) is 6.39. The molecule has 1 rings (SSSR count). The van der Waals surface area contributed by atoms with E-state index in [1.807, 2.05) is 6.92 Å². The molecule has 3 N–H and O–H groups in total. The first-order valence-electron chi connectivity index (χ1n) is 5.94. The molecule has 1 atom stereocenters. The number of hydrogen-bond acceptors (Lipinski definition) is 3. The van der Waals surface area contributed by atoms with Crippen molar-refractivity contribution < 1.29 is 8.42 Å². The minimum atomic E-state index is -3.33. The summed E-state index contributed by atoms with van der Waals surface area (Å²) >= 11 is 0. The van der Waals surface area contributed by atoms with Gasteiger partial charge in [-0.1, -0.05) is 13.3 Å². The highest BCUT2D eigenvalue weighted by Crippen LogP contribution is 2.31. The highest BCUT2D eigenvalue weighted by molar-refractivity contribution is 7.87. The molecular weight excluding hydrogens is 262 g/mol. The van der Waals surface area contributed by atoms with Crippen LogP contribution in [0.15, 0.2) is 0 Å². The van der Waals surface area contributed by atoms with Crippen LogP contribution in [0.3, 0.4) is 0 Å². The smallest absolute Gasteiger partial charge is 0.279 e. The van der Waals surface area contributed by atoms with Gasteiger partial charge in [0.2, 0.25) is 0 Å². The van der Waals surface area contributed by atoms with Gasteiger partial charge in [-0.15, -0.1) is 12.4 Å². The zero-order valence-corrected chi connectivity index (χ0v) is 12.2. The molecule has 104 valence electrons. The summed E-state index contributed by atoms with van der Waals surface area (Å²) in [7, 11) is -1.73. The van der Waals surface area contributed by atoms with Gasteiger partial charge in [0.15, 0.2) is 0 Å². The van der Waals surface area contributed by atoms with E-state index in [4.69, 9.17) is 5.73 Å². The SMILES string of the molecule is CCCCN(C)S(=O)(=O)NCC(N)C1CC1.Cl. The molecule has 0 spiro atoms. The van der Waals surface area contributed by atoms with Crippen molar-refractivity contribution in [2.24, 2.45) is 11.7 Å². The summed E-state index contributed by atoms with van der Waals surface area (Å²) in [6.45, 7) is 2.95. The molecule has 0 aromatic rings. The molecule has 1 aliphatic rings. The predicted octanol–water partition coefficient (Wildman–Crippen LogP) is 0.712. The van der Waals surface area contributed by atoms with Gasteiger partial charge in [0.05, 0.1) is 0 Å². The highest BCUT2D eigenvalue weighted by atomic mass is 35.5. The zero-order chi connectivity index (χ0) is 12.2. The van der Waals surface area contributed by atoms with Crippen molar-refractivity contribution in [3.8, 4) is 0 Å². The number of nitrogens with two attached hydrogens (primary N) is 1. The average molecular weight is 286 g/mol. The molecule has 7 heteroatoms. The topological polar surface area (TPSA) is 75.4 Å². The number of unbranched alkanes of at least 4 members (excludes halogenated alkanes) is 1. The van der Waals surface area contributed by atoms with Crippen molar-refractivity contribution in [2.45, 2.75) is 38.6 Å². The minimum Gasteiger partial charge on any atom is -0.326 e. The zero-order valence-electron chi connectivity index (χ0n) is 10.6. The van der Waals surface area contributed by atoms with Crippen molar-refractivity contribution in [1.29, 1.82) is 0 Å². The van der Waals surface area contributed by atoms with Gasteiger partial charge in [0, 0.05) is 26.2 Å². The number of nitrogens with one attached hydrogen (secondary N) is 1. The lowest BCUT2D eigenvalue weighted by molar-refractivity contribution is 0.443. The molecule has 17 heavy (non-hydrogen) atoms. The van der Waals surface area contributed by atoms with Crippen LogP contribution in [0.5, 0.6) is 0 Å². The van der Waals surface area contributed by atoms with Crippen LogP contribution in [-0.2, 0) is 10.2 Å². The number of halogens is 1. The fourth-order valence-corrected chi connectivity index (χ4v) is 2.50. The first-order valence-corrected chi connectivity index (χ1v) is 7.38. The van der Waals surface area contributed by atoms with E-state index < -0.39 is 10.2 Å². The summed E-state index contributed by atoms with van der Waals surface area (Å²) in [4.78, 5) is 0. The predicted molar refractivity (Wildman–Crippen MR) is 72.4 cm³/mol. The van der Waals surface area contributed by atoms with E-state index in [-0.39, 0.29) is 18.4 Å². The third kappa shape index (κ3) is 6.01. The summed E-state index contributed by atoms with van der Waals surface area (Å²) in [5, 5.41) is 0. The van der Waals surface area contributed by atoms with Gasteiger partial charge in [-0.3, -0.25) is 0 Å². The monoisotopic (exact) mass is 285 g/mol. The van der Waals surface area contributed by atoms with Gasteiger partial charge in [0.25, 0.3) is 10.2 Å². The van der Waals surface area contributed by atoms with Crippen LogP contribution in [0.2, 0.25) is 0 Å². The van der Waals surface area contributed by atoms with Gasteiger partial charge in [-0.2, -0.15) is 12.7 Å². The fourth-order valence-electron chi connectivity index (χ4n) is 1.50. The maximum absolute atomic E-state index is 11.7. The second kappa shape index (κ2) is 7.53. The second-order valence-electron chi connectivity index (χ2n) is 4.53. The molecule has 0 aromatic heterocycles. The Labute approximate surface area is 111 Å². The normalized spacial score (nSPS) is 17.9. The van der Waals surface area contributed by atoms with Gasteiger partial charge < -0.3 is 5.73 Å². The lowest BCUT2D eigenvalue weighted by Gasteiger charge is -2.19. The maximum Gasteiger partial charge on any atom is 0.279 e. The Morgan fingerprint density at radius 3 is 2.53 bits per heavy atom. The summed E-state index contributed by atoms with van der Waals surface area (Å²) in [6.07, 6.45) is 4.14. The molecule has 1 unspecified atom stereocenters. The molecule has 0 aromatic carbocycles. The molecule has 1 fully saturated rings. The van der Waals surface area contributed by atoms with Crippen LogP contribution < -0.4 is 10.5 Å². The van der Waals surface area contributed by atoms with Gasteiger partial charge in [-0.25, -0.2) is 4.72 Å². The Kier molecular flexibility index (Phi) is 7.58. The molecule has 0 heterocycles. The van der Waals surface area contributed by atoms with E-state index in [9.17, 15) is 8.42 Å². The van der Waals surface area contributed by atoms with Crippen LogP contribution in [0, 0.1) is 5.92 Å². The summed E-state index contributed by atoms with van der Waals surface area (Å²) in [5.74, 6) is 0.517. The van der Waals surface area contributed by atoms with E-state index in [0.29, 0.717) is 19.0 Å². The maximum atomic E-state index is 11.7. The largest absolute Gasteiger partial charge is 0.326 e. The first-order chi connectivity index (χ1) is 7.47. The molecule has 1 aliphatic carbocycles. The lowest BCUT2D eigenvalue weighted by atomic mass is 10.2. The Balaban J connectivity index is 0.00000256. The molecular formula is C10H24ClN3O2S. The van der Waals surface area contributed by atoms with Crippen LogP contribution in [0.1, 0.15) is 32.6 Å². The molecule has 0 radical (unpaired) electrons. The molecule has 0 aliphatic heterocycles. The van der Waals surface area contributed by atoms with E-state index in [1.165, 1.54) is 4.31 Å². The summed E-state index contributed by atoms with van der Waals surface area (Å²) < 4.78 is 27.4. The lowest BCUT2D eigenvalue weighted by Crippen LogP contribution is -2.44. The van der Waals surface area contributed by atoms with Crippen molar-refractivity contribution in [2.75, 3.05) is 20.1 Å². The average Bonchev–Trinajstić information content (AvgIpc) is 3.06. The fraction of sp³-hybridized carbons (Fsp3) is 1.00. The first kappa shape index (κ1) is 17.1. The van der Waals surface area contributed by atoms with E-state index in [1.54, 1.807) is 7.05 Å². The Morgan fingerprint density at radius 1 is 1.47 bits per heavy atom. The summed E-state index contributed by atoms with van der Waals surface area (Å²) in [6, 6.07) is -0.0330. The van der Waals surface area contributed by atoms with Crippen LogP contribution in [0.25, 0.3) is 0 Å². The van der Waals surface area contributed by atoms with Gasteiger partial charge in [0.1, 0.15) is 0 Å². The molecule has 0 bridgehead atoms. The van der Waals surface area contributed by atoms with Crippen molar-refractivity contribution in [3.05, 3.63) is 0 Å². The minimum absolute atomic E-state index is 0. The molecule has 0 amide bonds. The third-order valence-electron chi connectivity index (χ3n) is 2.97. The third-order valence-corrected chi connectivity index (χ3v) is 4.50. The number of hydrogen-bond donors (Lipinski definition) is 2. The van der Waals surface area contributed by atoms with E-state index in [2.05, 4.69) is 4.72 Å². The molecule has 1 saturated carbocycles.